The maximum Gasteiger partial charge on any atom is 0.258 e. The average Bonchev–Trinajstić information content (AvgIpc) is 2.59. The number of carbonyl (C=O) groups excluding carboxylic acids is 1. The highest BCUT2D eigenvalue weighted by Crippen LogP contribution is 2.18. The summed E-state index contributed by atoms with van der Waals surface area (Å²) in [5.41, 5.74) is 0.425. The maximum atomic E-state index is 11.8. The average molecular weight is 281 g/mol. The second kappa shape index (κ2) is 5.41. The van der Waals surface area contributed by atoms with E-state index in [0.717, 1.165) is 5.33 Å². The third-order valence-corrected chi connectivity index (χ3v) is 2.52. The number of alkyl halides is 1. The Labute approximate surface area is 96.1 Å². The van der Waals surface area contributed by atoms with Crippen molar-refractivity contribution in [1.82, 2.24) is 4.90 Å². The van der Waals surface area contributed by atoms with E-state index in [-0.39, 0.29) is 11.1 Å². The van der Waals surface area contributed by atoms with E-state index in [1.165, 1.54) is 6.26 Å². The van der Waals surface area contributed by atoms with Crippen molar-refractivity contribution in [2.24, 2.45) is 0 Å². The molecule has 1 aromatic rings. The van der Waals surface area contributed by atoms with Gasteiger partial charge in [0, 0.05) is 18.4 Å². The van der Waals surface area contributed by atoms with Gasteiger partial charge in [-0.2, -0.15) is 0 Å². The molecule has 0 fully saturated rings. The molecule has 0 N–H and O–H groups in total. The predicted molar refractivity (Wildman–Crippen MR) is 59.1 cm³/mol. The Kier molecular flexibility index (Phi) is 4.48. The Morgan fingerprint density at radius 3 is 2.86 bits per heavy atom. The molecule has 0 aliphatic rings. The Morgan fingerprint density at radius 1 is 1.71 bits per heavy atom. The molecule has 5 heteroatoms. The summed E-state index contributed by atoms with van der Waals surface area (Å²) in [7, 11) is 0. The quantitative estimate of drug-likeness (QED) is 0.795. The summed E-state index contributed by atoms with van der Waals surface area (Å²) >= 11 is 9.00. The largest absolute Gasteiger partial charge is 0.452 e. The molecule has 0 aromatic carbocycles. The molecule has 0 aliphatic carbocycles. The van der Waals surface area contributed by atoms with Gasteiger partial charge in [0.25, 0.3) is 5.91 Å². The Hall–Kier alpha value is -0.480. The molecule has 0 aliphatic heterocycles. The number of hydrogen-bond donors (Lipinski definition) is 0. The molecule has 1 heterocycles. The van der Waals surface area contributed by atoms with Crippen LogP contribution < -0.4 is 0 Å². The summed E-state index contributed by atoms with van der Waals surface area (Å²) < 4.78 is 4.86. The molecular weight excluding hydrogens is 269 g/mol. The molecule has 0 bridgehead atoms. The van der Waals surface area contributed by atoms with Crippen LogP contribution in [0.15, 0.2) is 16.7 Å². The zero-order chi connectivity index (χ0) is 10.6. The summed E-state index contributed by atoms with van der Waals surface area (Å²) in [6.45, 7) is 3.25. The van der Waals surface area contributed by atoms with E-state index in [2.05, 4.69) is 15.9 Å². The molecule has 0 unspecified atom stereocenters. The summed E-state index contributed by atoms with van der Waals surface area (Å²) in [6, 6.07) is 1.58. The molecule has 1 rings (SSSR count). The Morgan fingerprint density at radius 2 is 2.43 bits per heavy atom. The van der Waals surface area contributed by atoms with Crippen LogP contribution in [-0.2, 0) is 0 Å². The van der Waals surface area contributed by atoms with Crippen LogP contribution in [-0.4, -0.2) is 29.2 Å². The summed E-state index contributed by atoms with van der Waals surface area (Å²) in [5, 5.41) is 0.908. The molecule has 3 nitrogen and oxygen atoms in total. The number of rotatable bonds is 4. The van der Waals surface area contributed by atoms with Gasteiger partial charge in [-0.3, -0.25) is 4.79 Å². The van der Waals surface area contributed by atoms with Crippen molar-refractivity contribution in [3.63, 3.8) is 0 Å². The molecule has 0 saturated carbocycles. The lowest BCUT2D eigenvalue weighted by Gasteiger charge is -2.18. The van der Waals surface area contributed by atoms with E-state index in [4.69, 9.17) is 16.0 Å². The molecule has 0 radical (unpaired) electrons. The second-order valence-corrected chi connectivity index (χ2v) is 3.82. The third-order valence-electron chi connectivity index (χ3n) is 1.87. The fourth-order valence-electron chi connectivity index (χ4n) is 1.12. The lowest BCUT2D eigenvalue weighted by atomic mass is 10.3. The van der Waals surface area contributed by atoms with E-state index in [1.54, 1.807) is 11.0 Å². The van der Waals surface area contributed by atoms with Crippen LogP contribution in [0, 0.1) is 0 Å². The van der Waals surface area contributed by atoms with Gasteiger partial charge in [0.05, 0.1) is 11.8 Å². The van der Waals surface area contributed by atoms with Crippen molar-refractivity contribution in [1.29, 1.82) is 0 Å². The molecule has 78 valence electrons. The van der Waals surface area contributed by atoms with E-state index in [9.17, 15) is 4.79 Å². The van der Waals surface area contributed by atoms with E-state index in [1.807, 2.05) is 6.92 Å². The summed E-state index contributed by atoms with van der Waals surface area (Å²) in [6.07, 6.45) is 1.41. The van der Waals surface area contributed by atoms with Crippen LogP contribution in [0.2, 0.25) is 5.22 Å². The Balaban J connectivity index is 2.78. The van der Waals surface area contributed by atoms with Crippen molar-refractivity contribution in [3.8, 4) is 0 Å². The number of amides is 1. The molecule has 0 atom stereocenters. The van der Waals surface area contributed by atoms with Gasteiger partial charge in [-0.25, -0.2) is 0 Å². The molecule has 0 spiro atoms. The summed E-state index contributed by atoms with van der Waals surface area (Å²) in [5.74, 6) is -0.0919. The van der Waals surface area contributed by atoms with E-state index < -0.39 is 0 Å². The lowest BCUT2D eigenvalue weighted by molar-refractivity contribution is 0.0774. The minimum Gasteiger partial charge on any atom is -0.452 e. The van der Waals surface area contributed by atoms with Gasteiger partial charge in [-0.05, 0) is 24.6 Å². The smallest absolute Gasteiger partial charge is 0.258 e. The van der Waals surface area contributed by atoms with Gasteiger partial charge in [0.1, 0.15) is 0 Å². The van der Waals surface area contributed by atoms with Gasteiger partial charge in [-0.1, -0.05) is 15.9 Å². The normalized spacial score (nSPS) is 10.2. The molecular formula is C9H11BrClNO2. The van der Waals surface area contributed by atoms with Crippen molar-refractivity contribution in [3.05, 3.63) is 23.1 Å². The third kappa shape index (κ3) is 2.51. The first-order valence-electron chi connectivity index (χ1n) is 4.29. The lowest BCUT2D eigenvalue weighted by Crippen LogP contribution is -2.32. The monoisotopic (exact) mass is 279 g/mol. The highest BCUT2D eigenvalue weighted by Gasteiger charge is 2.18. The first-order chi connectivity index (χ1) is 6.70. The van der Waals surface area contributed by atoms with Gasteiger partial charge in [-0.15, -0.1) is 0 Å². The van der Waals surface area contributed by atoms with Crippen LogP contribution in [0.4, 0.5) is 0 Å². The van der Waals surface area contributed by atoms with Gasteiger partial charge < -0.3 is 9.32 Å². The highest BCUT2D eigenvalue weighted by molar-refractivity contribution is 9.09. The van der Waals surface area contributed by atoms with E-state index >= 15 is 0 Å². The molecule has 0 saturated heterocycles. The topological polar surface area (TPSA) is 33.5 Å². The van der Waals surface area contributed by atoms with Crippen LogP contribution in [0.3, 0.4) is 0 Å². The number of hydrogen-bond acceptors (Lipinski definition) is 2. The maximum absolute atomic E-state index is 11.8. The second-order valence-electron chi connectivity index (χ2n) is 2.68. The fraction of sp³-hybridized carbons (Fsp3) is 0.444. The van der Waals surface area contributed by atoms with Gasteiger partial charge in [0.15, 0.2) is 0 Å². The van der Waals surface area contributed by atoms with E-state index in [0.29, 0.717) is 18.7 Å². The summed E-state index contributed by atoms with van der Waals surface area (Å²) in [4.78, 5) is 13.5. The minimum absolute atomic E-state index is 0.0919. The first-order valence-corrected chi connectivity index (χ1v) is 5.78. The number of furan rings is 1. The zero-order valence-electron chi connectivity index (χ0n) is 7.80. The number of nitrogens with zero attached hydrogens (tertiary/aromatic N) is 1. The number of carbonyl (C=O) groups is 1. The number of halogens is 2. The minimum atomic E-state index is -0.0919. The van der Waals surface area contributed by atoms with Gasteiger partial charge in [0.2, 0.25) is 5.22 Å². The van der Waals surface area contributed by atoms with Crippen LogP contribution in [0.1, 0.15) is 17.3 Å². The first kappa shape index (κ1) is 11.6. The highest BCUT2D eigenvalue weighted by atomic mass is 79.9. The van der Waals surface area contributed by atoms with Gasteiger partial charge >= 0.3 is 0 Å². The Bertz CT molecular complexity index is 314. The van der Waals surface area contributed by atoms with Crippen molar-refractivity contribution in [2.45, 2.75) is 6.92 Å². The zero-order valence-corrected chi connectivity index (χ0v) is 10.1. The fourth-order valence-corrected chi connectivity index (χ4v) is 1.75. The predicted octanol–water partition coefficient (Wildman–Crippen LogP) is 2.79. The molecule has 14 heavy (non-hydrogen) atoms. The van der Waals surface area contributed by atoms with Crippen molar-refractivity contribution >= 4 is 33.4 Å². The molecule has 1 aromatic heterocycles. The van der Waals surface area contributed by atoms with Crippen molar-refractivity contribution in [2.75, 3.05) is 18.4 Å². The molecule has 1 amide bonds. The SMILES string of the molecule is CCN(CCBr)C(=O)c1ccoc1Cl. The standard InChI is InChI=1S/C9H11BrClNO2/c1-2-12(5-4-10)9(13)7-3-6-14-8(7)11/h3,6H,2,4-5H2,1H3. The van der Waals surface area contributed by atoms with Crippen LogP contribution >= 0.6 is 27.5 Å². The van der Waals surface area contributed by atoms with Crippen molar-refractivity contribution < 1.29 is 9.21 Å². The van der Waals surface area contributed by atoms with Crippen LogP contribution in [0.5, 0.6) is 0 Å². The van der Waals surface area contributed by atoms with Crippen LogP contribution in [0.25, 0.3) is 0 Å².